The topological polar surface area (TPSA) is 70.5 Å². The van der Waals surface area contributed by atoms with Gasteiger partial charge in [0.1, 0.15) is 6.33 Å². The first kappa shape index (κ1) is 14.8. The highest BCUT2D eigenvalue weighted by atomic mass is 16.5. The molecular weight excluding hydrogens is 256 g/mol. The normalized spacial score (nSPS) is 16.2. The molecule has 20 heavy (non-hydrogen) atoms. The van der Waals surface area contributed by atoms with E-state index in [1.165, 1.54) is 0 Å². The number of aromatic nitrogens is 2. The first-order valence-corrected chi connectivity index (χ1v) is 7.28. The van der Waals surface area contributed by atoms with Crippen LogP contribution in [0.4, 0.5) is 11.6 Å². The zero-order chi connectivity index (χ0) is 14.4. The third kappa shape index (κ3) is 3.30. The number of aliphatic hydroxyl groups is 1. The van der Waals surface area contributed by atoms with E-state index in [4.69, 9.17) is 4.74 Å². The van der Waals surface area contributed by atoms with E-state index in [1.807, 2.05) is 0 Å². The van der Waals surface area contributed by atoms with Gasteiger partial charge in [-0.05, 0) is 25.2 Å². The van der Waals surface area contributed by atoms with Crippen LogP contribution in [0.5, 0.6) is 5.75 Å². The van der Waals surface area contributed by atoms with Crippen molar-refractivity contribution in [1.29, 1.82) is 0 Å². The largest absolute Gasteiger partial charge is 0.490 e. The lowest BCUT2D eigenvalue weighted by Gasteiger charge is -2.32. The van der Waals surface area contributed by atoms with Crippen molar-refractivity contribution in [2.24, 2.45) is 5.92 Å². The van der Waals surface area contributed by atoms with E-state index in [2.05, 4.69) is 27.1 Å². The van der Waals surface area contributed by atoms with Crippen LogP contribution >= 0.6 is 0 Å². The van der Waals surface area contributed by atoms with E-state index in [-0.39, 0.29) is 6.61 Å². The van der Waals surface area contributed by atoms with E-state index in [9.17, 15) is 5.11 Å². The Balaban J connectivity index is 2.14. The van der Waals surface area contributed by atoms with E-state index in [0.29, 0.717) is 11.7 Å². The van der Waals surface area contributed by atoms with Gasteiger partial charge >= 0.3 is 0 Å². The summed E-state index contributed by atoms with van der Waals surface area (Å²) in [7, 11) is 1.65. The first-order chi connectivity index (χ1) is 9.80. The van der Waals surface area contributed by atoms with Gasteiger partial charge < -0.3 is 20.1 Å². The Labute approximate surface area is 120 Å². The third-order valence-corrected chi connectivity index (χ3v) is 3.70. The van der Waals surface area contributed by atoms with Crippen molar-refractivity contribution in [2.45, 2.75) is 26.2 Å². The summed E-state index contributed by atoms with van der Waals surface area (Å²) in [6.07, 6.45) is 4.58. The number of hydrogen-bond acceptors (Lipinski definition) is 6. The van der Waals surface area contributed by atoms with Crippen molar-refractivity contribution in [1.82, 2.24) is 9.97 Å². The van der Waals surface area contributed by atoms with Crippen LogP contribution in [0, 0.1) is 5.92 Å². The molecule has 6 heteroatoms. The minimum Gasteiger partial charge on any atom is -0.490 e. The van der Waals surface area contributed by atoms with Gasteiger partial charge in [0.25, 0.3) is 0 Å². The first-order valence-electron chi connectivity index (χ1n) is 7.28. The number of ether oxygens (including phenoxy) is 1. The van der Waals surface area contributed by atoms with Crippen LogP contribution in [0.2, 0.25) is 0 Å². The average Bonchev–Trinajstić information content (AvgIpc) is 2.52. The maximum Gasteiger partial charge on any atom is 0.204 e. The van der Waals surface area contributed by atoms with Gasteiger partial charge in [0.2, 0.25) is 5.75 Å². The summed E-state index contributed by atoms with van der Waals surface area (Å²) in [4.78, 5) is 10.9. The second kappa shape index (κ2) is 7.28. The number of nitrogens with zero attached hydrogens (tertiary/aromatic N) is 3. The van der Waals surface area contributed by atoms with Gasteiger partial charge in [0.05, 0.1) is 7.11 Å². The van der Waals surface area contributed by atoms with Gasteiger partial charge in [-0.2, -0.15) is 0 Å². The Morgan fingerprint density at radius 3 is 2.75 bits per heavy atom. The summed E-state index contributed by atoms with van der Waals surface area (Å²) < 4.78 is 5.50. The van der Waals surface area contributed by atoms with E-state index in [1.54, 1.807) is 13.4 Å². The molecule has 0 amide bonds. The maximum atomic E-state index is 9.21. The molecule has 6 nitrogen and oxygen atoms in total. The quantitative estimate of drug-likeness (QED) is 0.823. The summed E-state index contributed by atoms with van der Waals surface area (Å²) >= 11 is 0. The summed E-state index contributed by atoms with van der Waals surface area (Å²) in [5, 5.41) is 12.5. The Morgan fingerprint density at radius 1 is 1.40 bits per heavy atom. The monoisotopic (exact) mass is 280 g/mol. The molecule has 1 aromatic rings. The Morgan fingerprint density at radius 2 is 2.15 bits per heavy atom. The van der Waals surface area contributed by atoms with Crippen LogP contribution in [-0.4, -0.2) is 48.4 Å². The van der Waals surface area contributed by atoms with Crippen LogP contribution in [0.3, 0.4) is 0 Å². The van der Waals surface area contributed by atoms with Gasteiger partial charge in [-0.3, -0.25) is 0 Å². The van der Waals surface area contributed by atoms with Gasteiger partial charge in [-0.25, -0.2) is 9.97 Å². The van der Waals surface area contributed by atoms with E-state index in [0.717, 1.165) is 50.5 Å². The molecule has 1 aliphatic rings. The summed E-state index contributed by atoms with van der Waals surface area (Å²) in [6, 6.07) is 0. The third-order valence-electron chi connectivity index (χ3n) is 3.70. The van der Waals surface area contributed by atoms with Crippen LogP contribution in [0.1, 0.15) is 26.2 Å². The number of anilines is 2. The smallest absolute Gasteiger partial charge is 0.204 e. The second-order valence-electron chi connectivity index (χ2n) is 5.12. The average molecular weight is 280 g/mol. The molecule has 2 rings (SSSR count). The molecule has 2 N–H and O–H groups in total. The molecule has 0 aromatic carbocycles. The number of rotatable bonds is 6. The number of nitrogens with one attached hydrogen (secondary N) is 1. The van der Waals surface area contributed by atoms with Crippen LogP contribution in [0.25, 0.3) is 0 Å². The predicted octanol–water partition coefficient (Wildman–Crippen LogP) is 1.52. The molecule has 1 saturated heterocycles. The van der Waals surface area contributed by atoms with Crippen molar-refractivity contribution in [2.75, 3.05) is 43.6 Å². The predicted molar refractivity (Wildman–Crippen MR) is 79.4 cm³/mol. The molecule has 112 valence electrons. The Hall–Kier alpha value is -1.56. The molecular formula is C14H24N4O2. The van der Waals surface area contributed by atoms with Gasteiger partial charge in [-0.1, -0.05) is 6.92 Å². The van der Waals surface area contributed by atoms with Crippen molar-refractivity contribution >= 4 is 11.6 Å². The Bertz CT molecular complexity index is 420. The second-order valence-corrected chi connectivity index (χ2v) is 5.12. The highest BCUT2D eigenvalue weighted by Crippen LogP contribution is 2.33. The van der Waals surface area contributed by atoms with Crippen molar-refractivity contribution < 1.29 is 9.84 Å². The van der Waals surface area contributed by atoms with Gasteiger partial charge in [-0.15, -0.1) is 0 Å². The summed E-state index contributed by atoms with van der Waals surface area (Å²) in [5.74, 6) is 2.72. The zero-order valence-electron chi connectivity index (χ0n) is 12.3. The Kier molecular flexibility index (Phi) is 5.40. The van der Waals surface area contributed by atoms with E-state index >= 15 is 0 Å². The van der Waals surface area contributed by atoms with Gasteiger partial charge in [0, 0.05) is 26.2 Å². The molecule has 0 atom stereocenters. The molecule has 2 heterocycles. The molecule has 1 aliphatic heterocycles. The number of methoxy groups -OCH3 is 1. The van der Waals surface area contributed by atoms with Crippen molar-refractivity contribution in [3.05, 3.63) is 6.33 Å². The van der Waals surface area contributed by atoms with Crippen LogP contribution in [-0.2, 0) is 0 Å². The molecule has 0 spiro atoms. The number of hydrogen-bond donors (Lipinski definition) is 2. The number of aliphatic hydroxyl groups excluding tert-OH is 1. The molecule has 0 unspecified atom stereocenters. The van der Waals surface area contributed by atoms with Gasteiger partial charge in [0.15, 0.2) is 11.6 Å². The minimum atomic E-state index is 0.276. The fraction of sp³-hybridized carbons (Fsp3) is 0.714. The molecule has 0 aliphatic carbocycles. The molecule has 1 aromatic heterocycles. The lowest BCUT2D eigenvalue weighted by Crippen LogP contribution is -2.35. The van der Waals surface area contributed by atoms with Crippen LogP contribution in [0.15, 0.2) is 6.33 Å². The molecule has 0 bridgehead atoms. The highest BCUT2D eigenvalue weighted by Gasteiger charge is 2.23. The standard InChI is InChI=1S/C14H24N4O2/c1-3-6-15-13-12(20-2)14(17-10-16-13)18-7-4-11(9-19)5-8-18/h10-11,19H,3-9H2,1-2H3,(H,15,16,17). The lowest BCUT2D eigenvalue weighted by molar-refractivity contribution is 0.202. The van der Waals surface area contributed by atoms with Crippen LogP contribution < -0.4 is 15.0 Å². The minimum absolute atomic E-state index is 0.276. The molecule has 0 saturated carbocycles. The molecule has 1 fully saturated rings. The van der Waals surface area contributed by atoms with Crippen molar-refractivity contribution in [3.8, 4) is 5.75 Å². The number of piperidine rings is 1. The fourth-order valence-electron chi connectivity index (χ4n) is 2.47. The lowest BCUT2D eigenvalue weighted by atomic mass is 9.98. The highest BCUT2D eigenvalue weighted by molar-refractivity contribution is 5.64. The SMILES string of the molecule is CCCNc1ncnc(N2CCC(CO)CC2)c1OC. The maximum absolute atomic E-state index is 9.21. The summed E-state index contributed by atoms with van der Waals surface area (Å²) in [5.41, 5.74) is 0. The fourth-order valence-corrected chi connectivity index (χ4v) is 2.47. The zero-order valence-corrected chi connectivity index (χ0v) is 12.3. The van der Waals surface area contributed by atoms with E-state index < -0.39 is 0 Å². The van der Waals surface area contributed by atoms with Crippen molar-refractivity contribution in [3.63, 3.8) is 0 Å². The summed E-state index contributed by atoms with van der Waals surface area (Å²) in [6.45, 7) is 5.04. The molecule has 0 radical (unpaired) electrons.